The molecule has 158 valence electrons. The van der Waals surface area contributed by atoms with Gasteiger partial charge in [0.15, 0.2) is 11.6 Å². The summed E-state index contributed by atoms with van der Waals surface area (Å²) in [5, 5.41) is 0. The van der Waals surface area contributed by atoms with Crippen molar-refractivity contribution in [3.05, 3.63) is 35.1 Å². The van der Waals surface area contributed by atoms with Crippen LogP contribution in [-0.2, 0) is 25.7 Å². The highest BCUT2D eigenvalue weighted by Crippen LogP contribution is 2.17. The minimum absolute atomic E-state index is 0.139. The van der Waals surface area contributed by atoms with Crippen molar-refractivity contribution in [1.82, 2.24) is 0 Å². The molecule has 0 bridgehead atoms. The second kappa shape index (κ2) is 13.2. The van der Waals surface area contributed by atoms with E-state index in [1.54, 1.807) is 0 Å². The molecule has 0 N–H and O–H groups in total. The van der Waals surface area contributed by atoms with Crippen LogP contribution in [0.5, 0.6) is 0 Å². The lowest BCUT2D eigenvalue weighted by atomic mass is 10.1. The number of rotatable bonds is 13. The lowest BCUT2D eigenvalue weighted by molar-refractivity contribution is -0.146. The van der Waals surface area contributed by atoms with E-state index in [-0.39, 0.29) is 12.4 Å². The first-order chi connectivity index (χ1) is 13.3. The van der Waals surface area contributed by atoms with Crippen LogP contribution in [-0.4, -0.2) is 18.5 Å². The van der Waals surface area contributed by atoms with Gasteiger partial charge >= 0.3 is 11.9 Å². The molecule has 0 aliphatic carbocycles. The minimum Gasteiger partial charge on any atom is -0.465 e. The molecular formula is C21H29F3O4. The average molecular weight is 402 g/mol. The summed E-state index contributed by atoms with van der Waals surface area (Å²) in [5.41, 5.74) is -0.583. The van der Waals surface area contributed by atoms with Crippen molar-refractivity contribution in [3.8, 4) is 0 Å². The third kappa shape index (κ3) is 9.76. The van der Waals surface area contributed by atoms with Gasteiger partial charge in [-0.2, -0.15) is 0 Å². The molecule has 28 heavy (non-hydrogen) atoms. The lowest BCUT2D eigenvalue weighted by Crippen LogP contribution is -2.09. The smallest absolute Gasteiger partial charge is 0.306 e. The molecule has 4 nitrogen and oxygen atoms in total. The van der Waals surface area contributed by atoms with Crippen molar-refractivity contribution in [3.63, 3.8) is 0 Å². The molecule has 1 rings (SSSR count). The van der Waals surface area contributed by atoms with E-state index in [4.69, 9.17) is 9.47 Å². The van der Waals surface area contributed by atoms with Gasteiger partial charge in [0.05, 0.1) is 12.2 Å². The van der Waals surface area contributed by atoms with E-state index < -0.39 is 35.6 Å². The van der Waals surface area contributed by atoms with Crippen LogP contribution in [0.15, 0.2) is 12.1 Å². The van der Waals surface area contributed by atoms with Crippen molar-refractivity contribution in [2.24, 2.45) is 5.92 Å². The van der Waals surface area contributed by atoms with Crippen LogP contribution in [0.3, 0.4) is 0 Å². The molecule has 0 saturated heterocycles. The predicted molar refractivity (Wildman–Crippen MR) is 98.8 cm³/mol. The zero-order chi connectivity index (χ0) is 20.9. The molecular weight excluding hydrogens is 373 g/mol. The molecule has 0 unspecified atom stereocenters. The zero-order valence-corrected chi connectivity index (χ0v) is 16.6. The molecule has 0 spiro atoms. The van der Waals surface area contributed by atoms with Crippen molar-refractivity contribution < 1.29 is 32.2 Å². The summed E-state index contributed by atoms with van der Waals surface area (Å²) in [6.07, 6.45) is 5.54. The Morgan fingerprint density at radius 1 is 0.821 bits per heavy atom. The monoisotopic (exact) mass is 402 g/mol. The van der Waals surface area contributed by atoms with Crippen molar-refractivity contribution >= 4 is 11.9 Å². The van der Waals surface area contributed by atoms with E-state index >= 15 is 0 Å². The summed E-state index contributed by atoms with van der Waals surface area (Å²) in [6.45, 7) is 3.80. The molecule has 0 aliphatic rings. The molecule has 1 aromatic carbocycles. The Labute approximate surface area is 164 Å². The second-order valence-electron chi connectivity index (χ2n) is 7.18. The van der Waals surface area contributed by atoms with E-state index in [1.165, 1.54) is 0 Å². The van der Waals surface area contributed by atoms with Gasteiger partial charge in [-0.15, -0.1) is 0 Å². The van der Waals surface area contributed by atoms with Gasteiger partial charge in [-0.3, -0.25) is 9.59 Å². The third-order valence-corrected chi connectivity index (χ3v) is 4.11. The minimum atomic E-state index is -1.33. The van der Waals surface area contributed by atoms with Crippen LogP contribution in [0.2, 0.25) is 0 Å². The van der Waals surface area contributed by atoms with Crippen LogP contribution < -0.4 is 0 Å². The third-order valence-electron chi connectivity index (χ3n) is 4.11. The fraction of sp³-hybridized carbons (Fsp3) is 0.619. The lowest BCUT2D eigenvalue weighted by Gasteiger charge is -2.08. The van der Waals surface area contributed by atoms with Crippen molar-refractivity contribution in [2.75, 3.05) is 6.61 Å². The number of carbonyl (C=O) groups excluding carboxylic acids is 2. The zero-order valence-electron chi connectivity index (χ0n) is 16.6. The Morgan fingerprint density at radius 2 is 1.32 bits per heavy atom. The summed E-state index contributed by atoms with van der Waals surface area (Å²) < 4.78 is 49.9. The fourth-order valence-electron chi connectivity index (χ4n) is 2.50. The Kier molecular flexibility index (Phi) is 11.3. The van der Waals surface area contributed by atoms with E-state index in [9.17, 15) is 22.8 Å². The topological polar surface area (TPSA) is 52.6 Å². The summed E-state index contributed by atoms with van der Waals surface area (Å²) in [6, 6.07) is 1.48. The van der Waals surface area contributed by atoms with E-state index in [0.717, 1.165) is 38.2 Å². The molecule has 0 aromatic heterocycles. The van der Waals surface area contributed by atoms with Crippen molar-refractivity contribution in [1.29, 1.82) is 0 Å². The van der Waals surface area contributed by atoms with Crippen LogP contribution in [0.25, 0.3) is 0 Å². The summed E-state index contributed by atoms with van der Waals surface area (Å²) >= 11 is 0. The van der Waals surface area contributed by atoms with Gasteiger partial charge in [0, 0.05) is 12.8 Å². The Morgan fingerprint density at radius 3 is 1.89 bits per heavy atom. The normalized spacial score (nSPS) is 10.9. The van der Waals surface area contributed by atoms with E-state index in [0.29, 0.717) is 31.4 Å². The highest BCUT2D eigenvalue weighted by molar-refractivity contribution is 5.69. The number of halogens is 3. The SMILES string of the molecule is CC(C)COC(=O)CCCCCCCCC(=O)OCc1c(F)ccc(F)c1F. The van der Waals surface area contributed by atoms with Crippen LogP contribution in [0.4, 0.5) is 13.2 Å². The van der Waals surface area contributed by atoms with Crippen LogP contribution in [0, 0.1) is 23.4 Å². The largest absolute Gasteiger partial charge is 0.465 e. The number of unbranched alkanes of at least 4 members (excludes halogenated alkanes) is 5. The molecule has 0 radical (unpaired) electrons. The maximum Gasteiger partial charge on any atom is 0.306 e. The van der Waals surface area contributed by atoms with Gasteiger partial charge in [-0.1, -0.05) is 39.5 Å². The first kappa shape index (κ1) is 24.0. The Bertz CT molecular complexity index is 632. The number of ether oxygens (including phenoxy) is 2. The van der Waals surface area contributed by atoms with Crippen molar-refractivity contribution in [2.45, 2.75) is 71.8 Å². The number of benzene rings is 1. The molecule has 0 heterocycles. The van der Waals surface area contributed by atoms with Gasteiger partial charge in [0.1, 0.15) is 12.4 Å². The first-order valence-corrected chi connectivity index (χ1v) is 9.75. The first-order valence-electron chi connectivity index (χ1n) is 9.75. The van der Waals surface area contributed by atoms with Gasteiger partial charge in [-0.05, 0) is 30.9 Å². The number of hydrogen-bond donors (Lipinski definition) is 0. The molecule has 0 atom stereocenters. The average Bonchev–Trinajstić information content (AvgIpc) is 2.65. The summed E-state index contributed by atoms with van der Waals surface area (Å²) in [5.74, 6) is -3.86. The quantitative estimate of drug-likeness (QED) is 0.249. The Balaban J connectivity index is 2.06. The van der Waals surface area contributed by atoms with Crippen LogP contribution in [0.1, 0.15) is 70.8 Å². The molecule has 0 amide bonds. The maximum absolute atomic E-state index is 13.5. The van der Waals surface area contributed by atoms with Gasteiger partial charge in [0.25, 0.3) is 0 Å². The molecule has 0 saturated carbocycles. The molecule has 0 fully saturated rings. The summed E-state index contributed by atoms with van der Waals surface area (Å²) in [7, 11) is 0. The van der Waals surface area contributed by atoms with Gasteiger partial charge in [0.2, 0.25) is 0 Å². The molecule has 0 aliphatic heterocycles. The summed E-state index contributed by atoms with van der Waals surface area (Å²) in [4.78, 5) is 23.1. The van der Waals surface area contributed by atoms with E-state index in [2.05, 4.69) is 0 Å². The van der Waals surface area contributed by atoms with Gasteiger partial charge < -0.3 is 9.47 Å². The standard InChI is InChI=1S/C21H29F3O4/c1-15(2)13-27-19(25)9-7-5-3-4-6-8-10-20(26)28-14-16-17(22)11-12-18(23)21(16)24/h11-12,15H,3-10,13-14H2,1-2H3. The highest BCUT2D eigenvalue weighted by Gasteiger charge is 2.15. The highest BCUT2D eigenvalue weighted by atomic mass is 19.2. The van der Waals surface area contributed by atoms with Gasteiger partial charge in [-0.25, -0.2) is 13.2 Å². The second-order valence-corrected chi connectivity index (χ2v) is 7.18. The van der Waals surface area contributed by atoms with E-state index in [1.807, 2.05) is 13.8 Å². The molecule has 1 aromatic rings. The fourth-order valence-corrected chi connectivity index (χ4v) is 2.50. The van der Waals surface area contributed by atoms with Crippen LogP contribution >= 0.6 is 0 Å². The predicted octanol–water partition coefficient (Wildman–Crippen LogP) is 5.47. The number of esters is 2. The maximum atomic E-state index is 13.5. The Hall–Kier alpha value is -2.05. The molecule has 7 heteroatoms. The number of carbonyl (C=O) groups is 2. The number of hydrogen-bond acceptors (Lipinski definition) is 4.